The van der Waals surface area contributed by atoms with Gasteiger partial charge < -0.3 is 10.3 Å². The first-order valence-corrected chi connectivity index (χ1v) is 13.7. The van der Waals surface area contributed by atoms with E-state index in [0.717, 1.165) is 52.1 Å². The molecule has 4 heterocycles. The van der Waals surface area contributed by atoms with E-state index in [1.807, 2.05) is 36.7 Å². The maximum atomic E-state index is 4.67. The van der Waals surface area contributed by atoms with Gasteiger partial charge in [0.15, 0.2) is 0 Å². The van der Waals surface area contributed by atoms with Crippen molar-refractivity contribution in [2.75, 3.05) is 5.32 Å². The molecule has 190 valence electrons. The van der Waals surface area contributed by atoms with Gasteiger partial charge in [0.2, 0.25) is 0 Å². The molecule has 1 aliphatic rings. The number of hydrogen-bond donors (Lipinski definition) is 2. The molecule has 3 aromatic heterocycles. The number of hydrogen-bond acceptors (Lipinski definition) is 3. The lowest BCUT2D eigenvalue weighted by atomic mass is 9.96. The van der Waals surface area contributed by atoms with Crippen LogP contribution in [0, 0.1) is 0 Å². The van der Waals surface area contributed by atoms with Gasteiger partial charge in [-0.15, -0.1) is 0 Å². The largest absolute Gasteiger partial charge is 0.354 e. The molecule has 1 aliphatic heterocycles. The van der Waals surface area contributed by atoms with Gasteiger partial charge in [-0.1, -0.05) is 84.9 Å². The van der Waals surface area contributed by atoms with E-state index >= 15 is 0 Å². The number of H-pyrrole nitrogens is 1. The van der Waals surface area contributed by atoms with Crippen molar-refractivity contribution in [3.63, 3.8) is 0 Å². The van der Waals surface area contributed by atoms with E-state index in [9.17, 15) is 0 Å². The third-order valence-corrected chi connectivity index (χ3v) is 8.06. The summed E-state index contributed by atoms with van der Waals surface area (Å²) in [6.45, 7) is 0. The molecule has 0 fully saturated rings. The first-order chi connectivity index (χ1) is 19.8. The van der Waals surface area contributed by atoms with Crippen molar-refractivity contribution >= 4 is 33.2 Å². The zero-order valence-electron chi connectivity index (χ0n) is 21.9. The van der Waals surface area contributed by atoms with Crippen molar-refractivity contribution in [3.8, 4) is 33.6 Å². The second-order valence-corrected chi connectivity index (χ2v) is 10.3. The molecule has 7 aromatic rings. The average Bonchev–Trinajstić information content (AvgIpc) is 3.29. The predicted molar refractivity (Wildman–Crippen MR) is 165 cm³/mol. The third kappa shape index (κ3) is 3.61. The number of para-hydroxylation sites is 4. The lowest BCUT2D eigenvalue weighted by Gasteiger charge is -2.18. The highest BCUT2D eigenvalue weighted by atomic mass is 14.9. The molecule has 0 bridgehead atoms. The van der Waals surface area contributed by atoms with Crippen LogP contribution in [0.3, 0.4) is 0 Å². The van der Waals surface area contributed by atoms with Crippen LogP contribution in [-0.2, 0) is 12.8 Å². The lowest BCUT2D eigenvalue weighted by Crippen LogP contribution is -1.99. The molecular formula is C36H26N4. The molecule has 0 aliphatic carbocycles. The van der Waals surface area contributed by atoms with Crippen molar-refractivity contribution in [1.82, 2.24) is 15.0 Å². The number of aromatic nitrogens is 3. The Morgan fingerprint density at radius 3 is 1.62 bits per heavy atom. The van der Waals surface area contributed by atoms with Crippen molar-refractivity contribution < 1.29 is 0 Å². The van der Waals surface area contributed by atoms with E-state index < -0.39 is 0 Å². The number of pyridine rings is 2. The van der Waals surface area contributed by atoms with Crippen molar-refractivity contribution in [2.45, 2.75) is 12.8 Å². The third-order valence-electron chi connectivity index (χ3n) is 8.06. The average molecular weight is 515 g/mol. The minimum absolute atomic E-state index is 0.968. The first-order valence-electron chi connectivity index (χ1n) is 13.7. The molecule has 2 N–H and O–H groups in total. The summed E-state index contributed by atoms with van der Waals surface area (Å²) in [6.07, 6.45) is 5.66. The van der Waals surface area contributed by atoms with E-state index in [-0.39, 0.29) is 0 Å². The van der Waals surface area contributed by atoms with Gasteiger partial charge in [0, 0.05) is 51.1 Å². The van der Waals surface area contributed by atoms with Gasteiger partial charge in [0.05, 0.1) is 28.1 Å². The summed E-state index contributed by atoms with van der Waals surface area (Å²) in [4.78, 5) is 13.1. The smallest absolute Gasteiger partial charge is 0.0723 e. The van der Waals surface area contributed by atoms with E-state index in [0.29, 0.717) is 0 Å². The fraction of sp³-hybridized carbons (Fsp3) is 0.0556. The molecule has 4 nitrogen and oxygen atoms in total. The molecule has 40 heavy (non-hydrogen) atoms. The first kappa shape index (κ1) is 22.7. The SMILES string of the molecule is c1ccc(-c2cccc3c2Nc2c(cccc2-c2cccc4c2[nH]c2c(-c5ccccn5)cccc24)CC3)nc1. The van der Waals surface area contributed by atoms with Crippen LogP contribution in [0.5, 0.6) is 0 Å². The molecule has 0 unspecified atom stereocenters. The van der Waals surface area contributed by atoms with Crippen LogP contribution >= 0.6 is 0 Å². The van der Waals surface area contributed by atoms with Crippen molar-refractivity contribution in [1.29, 1.82) is 0 Å². The summed E-state index contributed by atoms with van der Waals surface area (Å²) < 4.78 is 0. The zero-order valence-corrected chi connectivity index (χ0v) is 21.9. The van der Waals surface area contributed by atoms with Crippen molar-refractivity contribution in [2.24, 2.45) is 0 Å². The van der Waals surface area contributed by atoms with E-state index in [2.05, 4.69) is 105 Å². The second-order valence-electron chi connectivity index (χ2n) is 10.3. The quantitative estimate of drug-likeness (QED) is 0.247. The molecule has 0 saturated carbocycles. The van der Waals surface area contributed by atoms with Crippen LogP contribution in [0.2, 0.25) is 0 Å². The van der Waals surface area contributed by atoms with E-state index in [4.69, 9.17) is 0 Å². The Balaban J connectivity index is 1.33. The lowest BCUT2D eigenvalue weighted by molar-refractivity contribution is 0.978. The Bertz CT molecular complexity index is 2020. The fourth-order valence-electron chi connectivity index (χ4n) is 6.17. The fourth-order valence-corrected chi connectivity index (χ4v) is 6.17. The Hall–Kier alpha value is -5.22. The van der Waals surface area contributed by atoms with Crippen molar-refractivity contribution in [3.05, 3.63) is 133 Å². The molecule has 0 spiro atoms. The van der Waals surface area contributed by atoms with Gasteiger partial charge in [-0.05, 0) is 48.2 Å². The van der Waals surface area contributed by atoms with Gasteiger partial charge in [0.25, 0.3) is 0 Å². The summed E-state index contributed by atoms with van der Waals surface area (Å²) in [7, 11) is 0. The topological polar surface area (TPSA) is 53.6 Å². The summed E-state index contributed by atoms with van der Waals surface area (Å²) in [5.41, 5.74) is 13.8. The van der Waals surface area contributed by atoms with Gasteiger partial charge >= 0.3 is 0 Å². The summed E-state index contributed by atoms with van der Waals surface area (Å²) in [5, 5.41) is 6.33. The van der Waals surface area contributed by atoms with E-state index in [1.165, 1.54) is 38.7 Å². The van der Waals surface area contributed by atoms with Gasteiger partial charge in [-0.3, -0.25) is 9.97 Å². The molecule has 8 rings (SSSR count). The zero-order chi connectivity index (χ0) is 26.5. The Labute approximate surface area is 232 Å². The molecule has 0 saturated heterocycles. The van der Waals surface area contributed by atoms with Gasteiger partial charge in [-0.2, -0.15) is 0 Å². The number of benzene rings is 4. The minimum Gasteiger partial charge on any atom is -0.354 e. The number of nitrogens with one attached hydrogen (secondary N) is 2. The summed E-state index contributed by atoms with van der Waals surface area (Å²) >= 11 is 0. The minimum atomic E-state index is 0.968. The van der Waals surface area contributed by atoms with Crippen LogP contribution in [0.15, 0.2) is 122 Å². The van der Waals surface area contributed by atoms with Crippen LogP contribution in [0.4, 0.5) is 11.4 Å². The summed E-state index contributed by atoms with van der Waals surface area (Å²) in [6, 6.07) is 38.5. The highest BCUT2D eigenvalue weighted by molar-refractivity contribution is 6.15. The molecule has 0 atom stereocenters. The normalized spacial score (nSPS) is 12.5. The van der Waals surface area contributed by atoms with E-state index in [1.54, 1.807) is 0 Å². The number of anilines is 2. The Morgan fingerprint density at radius 2 is 0.975 bits per heavy atom. The predicted octanol–water partition coefficient (Wildman–Crippen LogP) is 8.95. The number of rotatable bonds is 3. The Kier molecular flexibility index (Phi) is 5.23. The summed E-state index contributed by atoms with van der Waals surface area (Å²) in [5.74, 6) is 0. The highest BCUT2D eigenvalue weighted by Gasteiger charge is 2.21. The Morgan fingerprint density at radius 1 is 0.450 bits per heavy atom. The van der Waals surface area contributed by atoms with Crippen LogP contribution in [0.1, 0.15) is 11.1 Å². The maximum Gasteiger partial charge on any atom is 0.0723 e. The number of aromatic amines is 1. The standard InChI is InChI=1S/C36H26N4/c1-3-21-37-31(17-1)29-15-6-10-24-20-19-23-9-5-11-25(33(23)39-34(24)29)26-12-7-13-27-28-14-8-16-30(36(28)40-35(26)27)32-18-2-4-22-38-32/h1-18,21-22,39-40H,19-20H2. The van der Waals surface area contributed by atoms with Crippen LogP contribution < -0.4 is 5.32 Å². The van der Waals surface area contributed by atoms with Gasteiger partial charge in [0.1, 0.15) is 0 Å². The molecule has 0 amide bonds. The highest BCUT2D eigenvalue weighted by Crippen LogP contribution is 2.44. The molecule has 0 radical (unpaired) electrons. The number of fused-ring (bicyclic) bond motifs is 5. The van der Waals surface area contributed by atoms with Crippen LogP contribution in [-0.4, -0.2) is 15.0 Å². The van der Waals surface area contributed by atoms with Crippen LogP contribution in [0.25, 0.3) is 55.4 Å². The molecule has 4 aromatic carbocycles. The maximum absolute atomic E-state index is 4.67. The van der Waals surface area contributed by atoms with Gasteiger partial charge in [-0.25, -0.2) is 0 Å². The molecular weight excluding hydrogens is 488 g/mol. The number of aryl methyl sites for hydroxylation is 2. The molecule has 4 heteroatoms. The monoisotopic (exact) mass is 514 g/mol. The number of nitrogens with zero attached hydrogens (tertiary/aromatic N) is 2. The second kappa shape index (κ2) is 9.21.